The van der Waals surface area contributed by atoms with E-state index in [4.69, 9.17) is 4.52 Å². The van der Waals surface area contributed by atoms with Gasteiger partial charge in [-0.2, -0.15) is 4.98 Å². The van der Waals surface area contributed by atoms with E-state index in [1.165, 1.54) is 5.56 Å². The molecule has 3 heterocycles. The van der Waals surface area contributed by atoms with Crippen LogP contribution in [0.15, 0.2) is 46.3 Å². The van der Waals surface area contributed by atoms with Crippen LogP contribution >= 0.6 is 11.3 Å². The van der Waals surface area contributed by atoms with Crippen molar-refractivity contribution in [2.45, 2.75) is 38.5 Å². The molecule has 0 N–H and O–H groups in total. The van der Waals surface area contributed by atoms with Crippen LogP contribution in [-0.2, 0) is 17.6 Å². The number of anilines is 1. The van der Waals surface area contributed by atoms with Gasteiger partial charge in [0.1, 0.15) is 0 Å². The lowest BCUT2D eigenvalue weighted by Crippen LogP contribution is -2.31. The molecule has 1 amide bonds. The first-order chi connectivity index (χ1) is 12.8. The van der Waals surface area contributed by atoms with Crippen molar-refractivity contribution in [2.24, 2.45) is 0 Å². The number of benzene rings is 1. The Hall–Kier alpha value is -2.47. The molecule has 0 radical (unpaired) electrons. The van der Waals surface area contributed by atoms with Crippen molar-refractivity contribution >= 4 is 22.9 Å². The van der Waals surface area contributed by atoms with Gasteiger partial charge in [0.05, 0.1) is 4.88 Å². The highest BCUT2D eigenvalue weighted by Gasteiger charge is 2.20. The third-order valence-electron chi connectivity index (χ3n) is 4.65. The lowest BCUT2D eigenvalue weighted by Gasteiger charge is -2.22. The highest BCUT2D eigenvalue weighted by atomic mass is 32.1. The van der Waals surface area contributed by atoms with E-state index in [2.05, 4.69) is 22.3 Å². The van der Waals surface area contributed by atoms with Crippen LogP contribution in [0, 0.1) is 0 Å². The Morgan fingerprint density at radius 2 is 2.12 bits per heavy atom. The number of aromatic nitrogens is 2. The molecule has 0 saturated heterocycles. The van der Waals surface area contributed by atoms with Crippen LogP contribution in [-0.4, -0.2) is 22.6 Å². The molecule has 0 spiro atoms. The van der Waals surface area contributed by atoms with Crippen molar-refractivity contribution in [1.82, 2.24) is 10.1 Å². The van der Waals surface area contributed by atoms with Crippen LogP contribution in [0.2, 0.25) is 0 Å². The number of carbonyl (C=O) groups excluding carboxylic acids is 1. The number of thiophene rings is 1. The molecule has 1 aliphatic heterocycles. The second-order valence-electron chi connectivity index (χ2n) is 6.47. The quantitative estimate of drug-likeness (QED) is 0.667. The molecule has 26 heavy (non-hydrogen) atoms. The summed E-state index contributed by atoms with van der Waals surface area (Å²) in [5.74, 6) is 1.40. The van der Waals surface area contributed by atoms with Gasteiger partial charge < -0.3 is 9.42 Å². The number of fused-ring (bicyclic) bond motifs is 1. The van der Waals surface area contributed by atoms with E-state index >= 15 is 0 Å². The Balaban J connectivity index is 1.36. The number of hydrogen-bond donors (Lipinski definition) is 0. The predicted molar refractivity (Wildman–Crippen MR) is 102 cm³/mol. The molecule has 5 nitrogen and oxygen atoms in total. The fourth-order valence-corrected chi connectivity index (χ4v) is 3.99. The predicted octanol–water partition coefficient (Wildman–Crippen LogP) is 4.49. The maximum absolute atomic E-state index is 12.8. The molecular weight excluding hydrogens is 346 g/mol. The normalized spacial score (nSPS) is 14.1. The smallest absolute Gasteiger partial charge is 0.226 e. The number of para-hydroxylation sites is 1. The van der Waals surface area contributed by atoms with E-state index in [-0.39, 0.29) is 5.91 Å². The van der Waals surface area contributed by atoms with Crippen LogP contribution in [0.4, 0.5) is 5.69 Å². The zero-order chi connectivity index (χ0) is 17.8. The summed E-state index contributed by atoms with van der Waals surface area (Å²) in [6.07, 6.45) is 5.06. The van der Waals surface area contributed by atoms with Crippen LogP contribution < -0.4 is 4.90 Å². The highest BCUT2D eigenvalue weighted by molar-refractivity contribution is 7.13. The average molecular weight is 367 g/mol. The molecule has 0 fully saturated rings. The zero-order valence-corrected chi connectivity index (χ0v) is 15.4. The van der Waals surface area contributed by atoms with Crippen LogP contribution in [0.1, 0.15) is 37.1 Å². The molecule has 6 heteroatoms. The Kier molecular flexibility index (Phi) is 5.11. The maximum Gasteiger partial charge on any atom is 0.226 e. The van der Waals surface area contributed by atoms with Crippen LogP contribution in [0.5, 0.6) is 0 Å². The van der Waals surface area contributed by atoms with Crippen molar-refractivity contribution in [2.75, 3.05) is 11.4 Å². The van der Waals surface area contributed by atoms with Crippen molar-refractivity contribution in [3.8, 4) is 10.7 Å². The minimum absolute atomic E-state index is 0.178. The molecule has 1 aromatic carbocycles. The molecule has 0 bridgehead atoms. The summed E-state index contributed by atoms with van der Waals surface area (Å²) in [6, 6.07) is 12.2. The molecule has 3 aromatic rings. The van der Waals surface area contributed by atoms with E-state index in [1.54, 1.807) is 11.3 Å². The monoisotopic (exact) mass is 367 g/mol. The first-order valence-corrected chi connectivity index (χ1v) is 9.94. The SMILES string of the molecule is O=C(CCCc1nc(-c2cccs2)no1)N1CCCCc2ccccc21. The number of nitrogens with zero attached hydrogens (tertiary/aromatic N) is 3. The van der Waals surface area contributed by atoms with Gasteiger partial charge >= 0.3 is 0 Å². The molecule has 4 rings (SSSR count). The molecule has 0 aliphatic carbocycles. The Bertz CT molecular complexity index is 873. The zero-order valence-electron chi connectivity index (χ0n) is 14.6. The number of aryl methyl sites for hydroxylation is 2. The van der Waals surface area contributed by atoms with Gasteiger partial charge in [0.2, 0.25) is 17.6 Å². The molecular formula is C20H21N3O2S. The Morgan fingerprint density at radius 1 is 1.19 bits per heavy atom. The summed E-state index contributed by atoms with van der Waals surface area (Å²) in [6.45, 7) is 0.804. The van der Waals surface area contributed by atoms with E-state index in [0.717, 1.165) is 36.4 Å². The summed E-state index contributed by atoms with van der Waals surface area (Å²) >= 11 is 1.59. The van der Waals surface area contributed by atoms with Gasteiger partial charge in [-0.3, -0.25) is 4.79 Å². The van der Waals surface area contributed by atoms with E-state index in [0.29, 0.717) is 31.0 Å². The minimum atomic E-state index is 0.178. The topological polar surface area (TPSA) is 59.2 Å². The molecule has 0 saturated carbocycles. The van der Waals surface area contributed by atoms with Crippen molar-refractivity contribution in [3.63, 3.8) is 0 Å². The molecule has 0 unspecified atom stereocenters. The van der Waals surface area contributed by atoms with E-state index < -0.39 is 0 Å². The highest BCUT2D eigenvalue weighted by Crippen LogP contribution is 2.27. The van der Waals surface area contributed by atoms with Gasteiger partial charge in [-0.05, 0) is 48.8 Å². The van der Waals surface area contributed by atoms with Gasteiger partial charge in [-0.1, -0.05) is 29.4 Å². The van der Waals surface area contributed by atoms with Gasteiger partial charge in [0.25, 0.3) is 0 Å². The van der Waals surface area contributed by atoms with Gasteiger partial charge in [-0.15, -0.1) is 11.3 Å². The molecule has 2 aromatic heterocycles. The maximum atomic E-state index is 12.8. The number of hydrogen-bond acceptors (Lipinski definition) is 5. The first-order valence-electron chi connectivity index (χ1n) is 9.06. The van der Waals surface area contributed by atoms with E-state index in [1.807, 2.05) is 34.5 Å². The summed E-state index contributed by atoms with van der Waals surface area (Å²) in [4.78, 5) is 20.1. The lowest BCUT2D eigenvalue weighted by atomic mass is 10.1. The molecule has 134 valence electrons. The summed E-state index contributed by atoms with van der Waals surface area (Å²) in [7, 11) is 0. The summed E-state index contributed by atoms with van der Waals surface area (Å²) in [5, 5.41) is 6.01. The van der Waals surface area contributed by atoms with Gasteiger partial charge in [-0.25, -0.2) is 0 Å². The summed E-state index contributed by atoms with van der Waals surface area (Å²) in [5.41, 5.74) is 2.35. The molecule has 0 atom stereocenters. The third kappa shape index (κ3) is 3.70. The number of carbonyl (C=O) groups is 1. The second-order valence-corrected chi connectivity index (χ2v) is 7.42. The number of amides is 1. The Morgan fingerprint density at radius 3 is 3.00 bits per heavy atom. The van der Waals surface area contributed by atoms with Gasteiger partial charge in [0, 0.05) is 25.1 Å². The molecule has 1 aliphatic rings. The fourth-order valence-electron chi connectivity index (χ4n) is 3.34. The lowest BCUT2D eigenvalue weighted by molar-refractivity contribution is -0.118. The van der Waals surface area contributed by atoms with Gasteiger partial charge in [0.15, 0.2) is 0 Å². The number of rotatable bonds is 5. The van der Waals surface area contributed by atoms with Crippen LogP contribution in [0.25, 0.3) is 10.7 Å². The van der Waals surface area contributed by atoms with E-state index in [9.17, 15) is 4.79 Å². The van der Waals surface area contributed by atoms with Crippen LogP contribution in [0.3, 0.4) is 0 Å². The van der Waals surface area contributed by atoms with Crippen molar-refractivity contribution in [3.05, 3.63) is 53.2 Å². The van der Waals surface area contributed by atoms with Crippen molar-refractivity contribution in [1.29, 1.82) is 0 Å². The third-order valence-corrected chi connectivity index (χ3v) is 5.52. The summed E-state index contributed by atoms with van der Waals surface area (Å²) < 4.78 is 5.31. The largest absolute Gasteiger partial charge is 0.339 e. The minimum Gasteiger partial charge on any atom is -0.339 e. The van der Waals surface area contributed by atoms with Crippen molar-refractivity contribution < 1.29 is 9.32 Å². The standard InChI is InChI=1S/C20H21N3O2S/c24-19(23-13-4-3-8-15-7-1-2-9-16(15)23)12-5-11-18-21-20(22-25-18)17-10-6-14-26-17/h1-2,6-7,9-10,14H,3-5,8,11-13H2. The Labute approximate surface area is 156 Å². The first kappa shape index (κ1) is 17.0. The fraction of sp³-hybridized carbons (Fsp3) is 0.350. The average Bonchev–Trinajstić information content (AvgIpc) is 3.30. The second kappa shape index (κ2) is 7.83.